The summed E-state index contributed by atoms with van der Waals surface area (Å²) in [6.45, 7) is 2.11. The summed E-state index contributed by atoms with van der Waals surface area (Å²) in [6.07, 6.45) is 4.37. The molecule has 2 aromatic carbocycles. The third kappa shape index (κ3) is 3.96. The average molecular weight is 356 g/mol. The van der Waals surface area contributed by atoms with Crippen LogP contribution in [-0.4, -0.2) is 22.7 Å². The summed E-state index contributed by atoms with van der Waals surface area (Å²) in [5, 5.41) is 16.5. The van der Waals surface area contributed by atoms with E-state index in [0.717, 1.165) is 23.4 Å². The van der Waals surface area contributed by atoms with Gasteiger partial charge in [0.25, 0.3) is 5.91 Å². The maximum absolute atomic E-state index is 11.9. The Labute approximate surface area is 158 Å². The van der Waals surface area contributed by atoms with Gasteiger partial charge in [0.1, 0.15) is 11.6 Å². The zero-order valence-electron chi connectivity index (χ0n) is 15.3. The van der Waals surface area contributed by atoms with Crippen molar-refractivity contribution in [1.82, 2.24) is 15.1 Å². The lowest BCUT2D eigenvalue weighted by Crippen LogP contribution is -2.19. The SMILES string of the molecule is CCc1ccc(-c2nn(-c3ccccc3)cc2/C=C(\C#N)C(=O)NC)cc1. The average Bonchev–Trinajstić information content (AvgIpc) is 3.16. The highest BCUT2D eigenvalue weighted by Gasteiger charge is 2.14. The van der Waals surface area contributed by atoms with Crippen LogP contribution in [0.5, 0.6) is 0 Å². The Balaban J connectivity index is 2.14. The lowest BCUT2D eigenvalue weighted by molar-refractivity contribution is -0.116. The van der Waals surface area contributed by atoms with Crippen molar-refractivity contribution in [2.24, 2.45) is 0 Å². The number of rotatable bonds is 5. The maximum atomic E-state index is 11.9. The fourth-order valence-corrected chi connectivity index (χ4v) is 2.77. The number of carbonyl (C=O) groups is 1. The molecule has 0 aliphatic carbocycles. The van der Waals surface area contributed by atoms with Crippen LogP contribution in [0, 0.1) is 11.3 Å². The van der Waals surface area contributed by atoms with Crippen molar-refractivity contribution in [3.63, 3.8) is 0 Å². The molecule has 0 aliphatic heterocycles. The molecule has 0 aliphatic rings. The Hall–Kier alpha value is -3.65. The number of nitrogens with zero attached hydrogens (tertiary/aromatic N) is 3. The Kier molecular flexibility index (Phi) is 5.48. The molecule has 27 heavy (non-hydrogen) atoms. The monoisotopic (exact) mass is 356 g/mol. The first-order valence-electron chi connectivity index (χ1n) is 8.74. The summed E-state index contributed by atoms with van der Waals surface area (Å²) in [7, 11) is 1.51. The number of nitriles is 1. The molecule has 0 spiro atoms. The van der Waals surface area contributed by atoms with Gasteiger partial charge in [-0.3, -0.25) is 4.79 Å². The molecule has 0 fully saturated rings. The van der Waals surface area contributed by atoms with Crippen molar-refractivity contribution in [1.29, 1.82) is 5.26 Å². The second-order valence-corrected chi connectivity index (χ2v) is 6.01. The van der Waals surface area contributed by atoms with Gasteiger partial charge in [0.15, 0.2) is 0 Å². The summed E-state index contributed by atoms with van der Waals surface area (Å²) in [5.41, 5.74) is 4.55. The van der Waals surface area contributed by atoms with Gasteiger partial charge in [-0.2, -0.15) is 10.4 Å². The number of likely N-dealkylation sites (N-methyl/N-ethyl adjacent to an activating group) is 1. The van der Waals surface area contributed by atoms with Crippen LogP contribution in [0.3, 0.4) is 0 Å². The number of hydrogen-bond acceptors (Lipinski definition) is 3. The zero-order chi connectivity index (χ0) is 19.2. The number of hydrogen-bond donors (Lipinski definition) is 1. The van der Waals surface area contributed by atoms with Crippen LogP contribution >= 0.6 is 0 Å². The van der Waals surface area contributed by atoms with Crippen LogP contribution in [0.15, 0.2) is 66.4 Å². The van der Waals surface area contributed by atoms with Gasteiger partial charge in [0.05, 0.1) is 11.4 Å². The Morgan fingerprint density at radius 2 is 1.89 bits per heavy atom. The normalized spacial score (nSPS) is 11.1. The van der Waals surface area contributed by atoms with Crippen molar-refractivity contribution in [2.75, 3.05) is 7.05 Å². The highest BCUT2D eigenvalue weighted by molar-refractivity contribution is 6.02. The lowest BCUT2D eigenvalue weighted by Gasteiger charge is -2.02. The minimum absolute atomic E-state index is 0.0385. The number of aromatic nitrogens is 2. The summed E-state index contributed by atoms with van der Waals surface area (Å²) in [5.74, 6) is -0.419. The van der Waals surface area contributed by atoms with Crippen LogP contribution in [0.25, 0.3) is 23.0 Å². The standard InChI is InChI=1S/C22H20N4O/c1-3-16-9-11-17(12-10-16)21-19(13-18(14-23)22(27)24-2)15-26(25-21)20-7-5-4-6-8-20/h4-13,15H,3H2,1-2H3,(H,24,27)/b18-13+. The molecule has 3 rings (SSSR count). The van der Waals surface area contributed by atoms with Gasteiger partial charge in [-0.1, -0.05) is 49.4 Å². The number of nitrogens with one attached hydrogen (secondary N) is 1. The fraction of sp³-hybridized carbons (Fsp3) is 0.136. The number of carbonyl (C=O) groups excluding carboxylic acids is 1. The first kappa shape index (κ1) is 18.2. The van der Waals surface area contributed by atoms with E-state index in [9.17, 15) is 10.1 Å². The Morgan fingerprint density at radius 3 is 2.48 bits per heavy atom. The summed E-state index contributed by atoms with van der Waals surface area (Å²) in [4.78, 5) is 11.9. The van der Waals surface area contributed by atoms with E-state index in [1.807, 2.05) is 54.7 Å². The molecular formula is C22H20N4O. The highest BCUT2D eigenvalue weighted by atomic mass is 16.1. The summed E-state index contributed by atoms with van der Waals surface area (Å²) in [6, 6.07) is 19.8. The van der Waals surface area contributed by atoms with Crippen molar-refractivity contribution in [3.05, 3.63) is 77.5 Å². The van der Waals surface area contributed by atoms with E-state index in [1.165, 1.54) is 12.6 Å². The molecule has 0 radical (unpaired) electrons. The number of aryl methyl sites for hydroxylation is 1. The minimum Gasteiger partial charge on any atom is -0.354 e. The quantitative estimate of drug-likeness (QED) is 0.559. The number of amides is 1. The largest absolute Gasteiger partial charge is 0.354 e. The van der Waals surface area contributed by atoms with Crippen LogP contribution in [0.1, 0.15) is 18.1 Å². The lowest BCUT2D eigenvalue weighted by atomic mass is 10.0. The molecule has 0 saturated heterocycles. The number of benzene rings is 2. The van der Waals surface area contributed by atoms with Crippen LogP contribution in [0.2, 0.25) is 0 Å². The van der Waals surface area contributed by atoms with E-state index in [1.54, 1.807) is 10.8 Å². The first-order chi connectivity index (χ1) is 13.2. The van der Waals surface area contributed by atoms with Gasteiger partial charge < -0.3 is 5.32 Å². The van der Waals surface area contributed by atoms with Crippen molar-refractivity contribution in [2.45, 2.75) is 13.3 Å². The third-order valence-electron chi connectivity index (χ3n) is 4.29. The molecule has 134 valence electrons. The molecule has 1 aromatic heterocycles. The molecule has 0 saturated carbocycles. The van der Waals surface area contributed by atoms with Gasteiger partial charge in [0.2, 0.25) is 0 Å². The van der Waals surface area contributed by atoms with Crippen LogP contribution < -0.4 is 5.32 Å². The third-order valence-corrected chi connectivity index (χ3v) is 4.29. The van der Waals surface area contributed by atoms with E-state index in [-0.39, 0.29) is 5.57 Å². The molecule has 1 heterocycles. The zero-order valence-corrected chi connectivity index (χ0v) is 15.3. The Bertz CT molecular complexity index is 1010. The van der Waals surface area contributed by atoms with Gasteiger partial charge in [0, 0.05) is 24.4 Å². The molecule has 5 nitrogen and oxygen atoms in total. The molecule has 0 atom stereocenters. The second-order valence-electron chi connectivity index (χ2n) is 6.01. The molecule has 0 bridgehead atoms. The van der Waals surface area contributed by atoms with E-state index >= 15 is 0 Å². The van der Waals surface area contributed by atoms with E-state index in [2.05, 4.69) is 24.4 Å². The van der Waals surface area contributed by atoms with Crippen molar-refractivity contribution in [3.8, 4) is 23.0 Å². The van der Waals surface area contributed by atoms with Gasteiger partial charge in [-0.15, -0.1) is 0 Å². The van der Waals surface area contributed by atoms with Gasteiger partial charge >= 0.3 is 0 Å². The van der Waals surface area contributed by atoms with Gasteiger partial charge in [-0.25, -0.2) is 4.68 Å². The van der Waals surface area contributed by atoms with E-state index in [4.69, 9.17) is 5.10 Å². The smallest absolute Gasteiger partial charge is 0.261 e. The minimum atomic E-state index is -0.419. The summed E-state index contributed by atoms with van der Waals surface area (Å²) >= 11 is 0. The molecule has 1 N–H and O–H groups in total. The van der Waals surface area contributed by atoms with Crippen molar-refractivity contribution < 1.29 is 4.79 Å². The predicted molar refractivity (Wildman–Crippen MR) is 106 cm³/mol. The molecule has 3 aromatic rings. The molecule has 5 heteroatoms. The summed E-state index contributed by atoms with van der Waals surface area (Å²) < 4.78 is 1.76. The molecular weight excluding hydrogens is 336 g/mol. The van der Waals surface area contributed by atoms with E-state index in [0.29, 0.717) is 5.56 Å². The predicted octanol–water partition coefficient (Wildman–Crippen LogP) is 3.75. The van der Waals surface area contributed by atoms with Crippen molar-refractivity contribution >= 4 is 12.0 Å². The van der Waals surface area contributed by atoms with Crippen LogP contribution in [0.4, 0.5) is 0 Å². The first-order valence-corrected chi connectivity index (χ1v) is 8.74. The van der Waals surface area contributed by atoms with E-state index < -0.39 is 5.91 Å². The second kappa shape index (κ2) is 8.15. The molecule has 1 amide bonds. The highest BCUT2D eigenvalue weighted by Crippen LogP contribution is 2.26. The Morgan fingerprint density at radius 1 is 1.19 bits per heavy atom. The maximum Gasteiger partial charge on any atom is 0.261 e. The number of para-hydroxylation sites is 1. The molecule has 0 unspecified atom stereocenters. The topological polar surface area (TPSA) is 70.7 Å². The van der Waals surface area contributed by atoms with Gasteiger partial charge in [-0.05, 0) is 30.2 Å². The van der Waals surface area contributed by atoms with Crippen LogP contribution in [-0.2, 0) is 11.2 Å². The fourth-order valence-electron chi connectivity index (χ4n) is 2.77.